The molecule has 0 aromatic heterocycles. The molecule has 42 heavy (non-hydrogen) atoms. The molecular weight excluding hydrogens is 535 g/mol. The van der Waals surface area contributed by atoms with Crippen molar-refractivity contribution in [2.45, 2.75) is 148 Å². The first kappa shape index (κ1) is 40.0. The number of hydrogen-bond donors (Lipinski definition) is 0. The second-order valence-corrected chi connectivity index (χ2v) is 11.7. The average Bonchev–Trinajstić information content (AvgIpc) is 2.96. The lowest BCUT2D eigenvalue weighted by Crippen LogP contribution is -2.41. The number of allylic oxidation sites excluding steroid dienone is 1. The van der Waals surface area contributed by atoms with Crippen LogP contribution >= 0.6 is 0 Å². The molecule has 0 aliphatic rings. The Morgan fingerprint density at radius 2 is 1.33 bits per heavy atom. The summed E-state index contributed by atoms with van der Waals surface area (Å²) in [5.74, 6) is -1.70. The predicted molar refractivity (Wildman–Crippen MR) is 170 cm³/mol. The van der Waals surface area contributed by atoms with Gasteiger partial charge >= 0.3 is 11.9 Å². The number of ether oxygens (including phenoxy) is 2. The van der Waals surface area contributed by atoms with Crippen LogP contribution in [-0.4, -0.2) is 74.6 Å². The minimum Gasteiger partial charge on any atom is -0.469 e. The van der Waals surface area contributed by atoms with Crippen LogP contribution in [0.5, 0.6) is 0 Å². The molecule has 1 amide bonds. The summed E-state index contributed by atoms with van der Waals surface area (Å²) < 4.78 is 23.4. The van der Waals surface area contributed by atoms with Crippen molar-refractivity contribution in [2.75, 3.05) is 40.9 Å². The molecule has 0 bridgehead atoms. The molecule has 0 heterocycles. The molecule has 0 aromatic carbocycles. The zero-order valence-electron chi connectivity index (χ0n) is 27.7. The van der Waals surface area contributed by atoms with Gasteiger partial charge < -0.3 is 19.3 Å². The smallest absolute Gasteiger partial charge is 0.366 e. The summed E-state index contributed by atoms with van der Waals surface area (Å²) in [6.45, 7) is 5.57. The first-order valence-electron chi connectivity index (χ1n) is 16.8. The van der Waals surface area contributed by atoms with Crippen LogP contribution in [0.2, 0.25) is 0 Å². The molecule has 0 aliphatic carbocycles. The van der Waals surface area contributed by atoms with Gasteiger partial charge in [-0.2, -0.15) is 4.39 Å². The molecule has 0 radical (unpaired) electrons. The second-order valence-electron chi connectivity index (χ2n) is 11.7. The van der Waals surface area contributed by atoms with Gasteiger partial charge in [-0.15, -0.1) is 0 Å². The van der Waals surface area contributed by atoms with E-state index >= 15 is 0 Å². The summed E-state index contributed by atoms with van der Waals surface area (Å²) in [4.78, 5) is 40.7. The van der Waals surface area contributed by atoms with Crippen molar-refractivity contribution < 1.29 is 28.2 Å². The van der Waals surface area contributed by atoms with E-state index in [2.05, 4.69) is 16.7 Å². The van der Waals surface area contributed by atoms with Gasteiger partial charge in [0.2, 0.25) is 11.7 Å². The molecule has 246 valence electrons. The molecular formula is C34H63FN2O5. The lowest BCUT2D eigenvalue weighted by Gasteiger charge is -2.33. The van der Waals surface area contributed by atoms with Crippen molar-refractivity contribution in [1.82, 2.24) is 9.80 Å². The Balaban J connectivity index is 5.18. The van der Waals surface area contributed by atoms with Crippen LogP contribution in [0.4, 0.5) is 4.39 Å². The third-order valence-electron chi connectivity index (χ3n) is 7.69. The number of carbonyl (C=O) groups excluding carboxylic acids is 3. The maximum atomic E-state index is 13.9. The van der Waals surface area contributed by atoms with Gasteiger partial charge in [0.1, 0.15) is 0 Å². The lowest BCUT2D eigenvalue weighted by atomic mass is 9.97. The fourth-order valence-electron chi connectivity index (χ4n) is 5.21. The Hall–Kier alpha value is -1.96. The number of nitrogens with zero attached hydrogens (tertiary/aromatic N) is 2. The van der Waals surface area contributed by atoms with Gasteiger partial charge in [0.15, 0.2) is 0 Å². The van der Waals surface area contributed by atoms with Crippen molar-refractivity contribution >= 4 is 17.8 Å². The molecule has 0 fully saturated rings. The van der Waals surface area contributed by atoms with E-state index < -0.39 is 11.8 Å². The summed E-state index contributed by atoms with van der Waals surface area (Å²) in [6, 6.07) is 0.198. The molecule has 0 aromatic rings. The van der Waals surface area contributed by atoms with Gasteiger partial charge in [0, 0.05) is 25.4 Å². The Labute approximate surface area is 256 Å². The monoisotopic (exact) mass is 598 g/mol. The highest BCUT2D eigenvalue weighted by Gasteiger charge is 2.23. The highest BCUT2D eigenvalue weighted by molar-refractivity contribution is 5.85. The highest BCUT2D eigenvalue weighted by atomic mass is 19.1. The molecule has 0 saturated heterocycles. The van der Waals surface area contributed by atoms with Crippen LogP contribution in [0, 0.1) is 0 Å². The standard InChI is InChI=1S/C34H63FN2O5/c1-6-8-9-10-11-12-13-17-23-30(24-18-14-15-20-27-33(39)41-5)37(32(38)26-22-28-36(3)4)29-21-16-19-25-31(35)34(40)42-7-2/h25,30H,6-24,26-29H2,1-5H3. The van der Waals surface area contributed by atoms with Crippen molar-refractivity contribution in [1.29, 1.82) is 0 Å². The SMILES string of the molecule is CCCCCCCCCCC(CCCCCCC(=O)OC)N(CCCCC=C(F)C(=O)OCC)C(=O)CCCN(C)C. The van der Waals surface area contributed by atoms with Gasteiger partial charge in [0.05, 0.1) is 13.7 Å². The number of amides is 1. The third kappa shape index (κ3) is 22.6. The van der Waals surface area contributed by atoms with Crippen molar-refractivity contribution in [3.8, 4) is 0 Å². The lowest BCUT2D eigenvalue weighted by molar-refractivity contribution is -0.141. The average molecular weight is 599 g/mol. The molecule has 0 saturated carbocycles. The van der Waals surface area contributed by atoms with Gasteiger partial charge in [-0.3, -0.25) is 9.59 Å². The summed E-state index contributed by atoms with van der Waals surface area (Å²) in [5, 5.41) is 0. The Morgan fingerprint density at radius 1 is 0.738 bits per heavy atom. The van der Waals surface area contributed by atoms with Crippen LogP contribution < -0.4 is 0 Å². The maximum Gasteiger partial charge on any atom is 0.366 e. The van der Waals surface area contributed by atoms with Gasteiger partial charge in [0.25, 0.3) is 0 Å². The first-order chi connectivity index (χ1) is 20.3. The van der Waals surface area contributed by atoms with E-state index in [0.29, 0.717) is 32.2 Å². The highest BCUT2D eigenvalue weighted by Crippen LogP contribution is 2.21. The molecule has 0 rings (SSSR count). The quantitative estimate of drug-likeness (QED) is 0.0514. The van der Waals surface area contributed by atoms with Gasteiger partial charge in [-0.25, -0.2) is 4.79 Å². The molecule has 1 atom stereocenters. The van der Waals surface area contributed by atoms with E-state index in [0.717, 1.165) is 64.3 Å². The van der Waals surface area contributed by atoms with E-state index in [1.54, 1.807) is 6.92 Å². The van der Waals surface area contributed by atoms with E-state index in [1.807, 2.05) is 14.1 Å². The predicted octanol–water partition coefficient (Wildman–Crippen LogP) is 8.16. The first-order valence-corrected chi connectivity index (χ1v) is 16.8. The van der Waals surface area contributed by atoms with Crippen LogP contribution in [0.3, 0.4) is 0 Å². The zero-order chi connectivity index (χ0) is 31.4. The second kappa shape index (κ2) is 27.8. The van der Waals surface area contributed by atoms with Crippen LogP contribution in [0.1, 0.15) is 142 Å². The van der Waals surface area contributed by atoms with Gasteiger partial charge in [-0.1, -0.05) is 77.6 Å². The number of hydrogen-bond acceptors (Lipinski definition) is 6. The number of unbranched alkanes of at least 4 members (excludes halogenated alkanes) is 12. The summed E-state index contributed by atoms with van der Waals surface area (Å²) in [5.41, 5.74) is 0. The van der Waals surface area contributed by atoms with Crippen LogP contribution in [-0.2, 0) is 23.9 Å². The Bertz CT molecular complexity index is 729. The van der Waals surface area contributed by atoms with Crippen LogP contribution in [0.15, 0.2) is 11.9 Å². The fourth-order valence-corrected chi connectivity index (χ4v) is 5.21. The number of esters is 2. The number of rotatable bonds is 28. The summed E-state index contributed by atoms with van der Waals surface area (Å²) in [7, 11) is 5.47. The van der Waals surface area contributed by atoms with Gasteiger partial charge in [-0.05, 0) is 78.6 Å². The van der Waals surface area contributed by atoms with E-state index in [1.165, 1.54) is 58.1 Å². The van der Waals surface area contributed by atoms with Crippen LogP contribution in [0.25, 0.3) is 0 Å². The number of halogens is 1. The Morgan fingerprint density at radius 3 is 1.90 bits per heavy atom. The minimum absolute atomic E-state index is 0.149. The molecule has 7 nitrogen and oxygen atoms in total. The third-order valence-corrected chi connectivity index (χ3v) is 7.69. The van der Waals surface area contributed by atoms with Crippen molar-refractivity contribution in [3.05, 3.63) is 11.9 Å². The summed E-state index contributed by atoms with van der Waals surface area (Å²) >= 11 is 0. The summed E-state index contributed by atoms with van der Waals surface area (Å²) in [6.07, 6.45) is 20.9. The maximum absolute atomic E-state index is 13.9. The number of methoxy groups -OCH3 is 1. The zero-order valence-corrected chi connectivity index (χ0v) is 27.7. The normalized spacial score (nSPS) is 12.4. The molecule has 1 unspecified atom stereocenters. The molecule has 8 heteroatoms. The van der Waals surface area contributed by atoms with Crippen molar-refractivity contribution in [3.63, 3.8) is 0 Å². The fraction of sp³-hybridized carbons (Fsp3) is 0.853. The van der Waals surface area contributed by atoms with Crippen molar-refractivity contribution in [2.24, 2.45) is 0 Å². The molecule has 0 spiro atoms. The van der Waals surface area contributed by atoms with E-state index in [-0.39, 0.29) is 24.5 Å². The molecule has 0 N–H and O–H groups in total. The number of carbonyl (C=O) groups is 3. The van der Waals surface area contributed by atoms with E-state index in [4.69, 9.17) is 9.47 Å². The topological polar surface area (TPSA) is 76.1 Å². The minimum atomic E-state index is -0.910. The molecule has 0 aliphatic heterocycles. The Kier molecular flexibility index (Phi) is 26.5. The largest absolute Gasteiger partial charge is 0.469 e. The van der Waals surface area contributed by atoms with E-state index in [9.17, 15) is 18.8 Å².